The van der Waals surface area contributed by atoms with Gasteiger partial charge in [-0.1, -0.05) is 35.9 Å². The highest BCUT2D eigenvalue weighted by Gasteiger charge is 2.45. The molecule has 0 saturated heterocycles. The van der Waals surface area contributed by atoms with Crippen LogP contribution in [0.2, 0.25) is 5.02 Å². The summed E-state index contributed by atoms with van der Waals surface area (Å²) < 4.78 is 32.1. The number of halogens is 2. The topological polar surface area (TPSA) is 39.7 Å². The van der Waals surface area contributed by atoms with Crippen molar-refractivity contribution in [1.29, 1.82) is 0 Å². The maximum Gasteiger partial charge on any atom is 0.132 e. The number of fused-ring (bicyclic) bond motifs is 1. The lowest BCUT2D eigenvalue weighted by atomic mass is 9.87. The van der Waals surface area contributed by atoms with E-state index in [1.54, 1.807) is 12.1 Å². The van der Waals surface area contributed by atoms with Crippen molar-refractivity contribution in [3.05, 3.63) is 94.3 Å². The van der Waals surface area contributed by atoms with Gasteiger partial charge in [0.25, 0.3) is 0 Å². The summed E-state index contributed by atoms with van der Waals surface area (Å²) in [6, 6.07) is 20.1. The lowest BCUT2D eigenvalue weighted by molar-refractivity contribution is -0.165. The van der Waals surface area contributed by atoms with Crippen molar-refractivity contribution in [2.24, 2.45) is 0 Å². The van der Waals surface area contributed by atoms with Gasteiger partial charge in [-0.05, 0) is 74.4 Å². The summed E-state index contributed by atoms with van der Waals surface area (Å²) in [5, 5.41) is 4.08. The number of hydrogen-bond donors (Lipinski definition) is 1. The van der Waals surface area contributed by atoms with Gasteiger partial charge in [0.1, 0.15) is 29.4 Å². The molecule has 6 heteroatoms. The Morgan fingerprint density at radius 1 is 1.00 bits per heavy atom. The molecule has 0 fully saturated rings. The Labute approximate surface area is 199 Å². The molecule has 0 bridgehead atoms. The van der Waals surface area contributed by atoms with Crippen molar-refractivity contribution in [2.75, 3.05) is 11.9 Å². The van der Waals surface area contributed by atoms with Crippen LogP contribution in [-0.2, 0) is 22.6 Å². The van der Waals surface area contributed by atoms with E-state index in [0.29, 0.717) is 24.8 Å². The molecular formula is C27H29ClFNO3. The van der Waals surface area contributed by atoms with Crippen LogP contribution in [0.5, 0.6) is 5.75 Å². The van der Waals surface area contributed by atoms with Gasteiger partial charge in [-0.3, -0.25) is 0 Å². The third-order valence-electron chi connectivity index (χ3n) is 5.72. The smallest absolute Gasteiger partial charge is 0.132 e. The minimum atomic E-state index is -0.589. The lowest BCUT2D eigenvalue weighted by Crippen LogP contribution is -2.51. The highest BCUT2D eigenvalue weighted by Crippen LogP contribution is 2.44. The van der Waals surface area contributed by atoms with Crippen LogP contribution in [0.3, 0.4) is 0 Å². The van der Waals surface area contributed by atoms with Crippen LogP contribution in [0.25, 0.3) is 0 Å². The van der Waals surface area contributed by atoms with E-state index in [-0.39, 0.29) is 18.0 Å². The zero-order valence-corrected chi connectivity index (χ0v) is 19.9. The molecule has 4 nitrogen and oxygen atoms in total. The second kappa shape index (κ2) is 10.1. The van der Waals surface area contributed by atoms with Crippen molar-refractivity contribution in [1.82, 2.24) is 0 Å². The Bertz CT molecular complexity index is 1090. The number of ether oxygens (including phenoxy) is 3. The molecule has 0 aromatic heterocycles. The largest absolute Gasteiger partial charge is 0.485 e. The van der Waals surface area contributed by atoms with E-state index in [1.165, 1.54) is 12.1 Å². The van der Waals surface area contributed by atoms with Crippen molar-refractivity contribution in [3.63, 3.8) is 0 Å². The summed E-state index contributed by atoms with van der Waals surface area (Å²) in [5.74, 6) is 0.545. The van der Waals surface area contributed by atoms with E-state index >= 15 is 0 Å². The standard InChI is InChI=1S/C27H29ClFNO3/c1-4-31-25-23-15-22(30-16-18-8-10-21(29)11-9-18)12-13-24(23)33-27(2,3)26(25)32-17-19-6-5-7-20(28)14-19/h5-15,25-26,30H,4,16-17H2,1-3H3. The van der Waals surface area contributed by atoms with Gasteiger partial charge in [-0.2, -0.15) is 0 Å². The minimum Gasteiger partial charge on any atom is -0.485 e. The Kier molecular flexibility index (Phi) is 7.23. The van der Waals surface area contributed by atoms with E-state index in [9.17, 15) is 4.39 Å². The second-order valence-corrected chi connectivity index (χ2v) is 9.11. The molecule has 174 valence electrons. The van der Waals surface area contributed by atoms with Crippen LogP contribution >= 0.6 is 11.6 Å². The molecule has 33 heavy (non-hydrogen) atoms. The molecule has 1 heterocycles. The Morgan fingerprint density at radius 2 is 1.79 bits per heavy atom. The molecule has 4 rings (SSSR count). The molecule has 0 aliphatic carbocycles. The molecule has 0 radical (unpaired) electrons. The van der Waals surface area contributed by atoms with Gasteiger partial charge in [-0.25, -0.2) is 4.39 Å². The normalized spacial score (nSPS) is 18.9. The van der Waals surface area contributed by atoms with Gasteiger partial charge in [-0.15, -0.1) is 0 Å². The first-order valence-electron chi connectivity index (χ1n) is 11.1. The predicted octanol–water partition coefficient (Wildman–Crippen LogP) is 6.93. The molecule has 0 amide bonds. The maximum absolute atomic E-state index is 13.2. The SMILES string of the molecule is CCOC1c2cc(NCc3ccc(F)cc3)ccc2OC(C)(C)C1OCc1cccc(Cl)c1. The fourth-order valence-corrected chi connectivity index (χ4v) is 4.32. The zero-order chi connectivity index (χ0) is 23.4. The molecule has 0 spiro atoms. The minimum absolute atomic E-state index is 0.240. The molecule has 2 atom stereocenters. The van der Waals surface area contributed by atoms with Crippen LogP contribution < -0.4 is 10.1 Å². The van der Waals surface area contributed by atoms with E-state index < -0.39 is 5.60 Å². The first kappa shape index (κ1) is 23.6. The van der Waals surface area contributed by atoms with Crippen molar-refractivity contribution >= 4 is 17.3 Å². The predicted molar refractivity (Wildman–Crippen MR) is 129 cm³/mol. The van der Waals surface area contributed by atoms with Crippen molar-refractivity contribution in [2.45, 2.75) is 51.7 Å². The number of rotatable bonds is 8. The third-order valence-corrected chi connectivity index (χ3v) is 5.96. The van der Waals surface area contributed by atoms with Gasteiger partial charge in [0.05, 0.1) is 6.61 Å². The van der Waals surface area contributed by atoms with Crippen molar-refractivity contribution < 1.29 is 18.6 Å². The number of hydrogen-bond acceptors (Lipinski definition) is 4. The zero-order valence-electron chi connectivity index (χ0n) is 19.1. The van der Waals surface area contributed by atoms with E-state index in [2.05, 4.69) is 5.32 Å². The fourth-order valence-electron chi connectivity index (χ4n) is 4.11. The van der Waals surface area contributed by atoms with Crippen LogP contribution in [0, 0.1) is 5.82 Å². The Morgan fingerprint density at radius 3 is 2.52 bits per heavy atom. The van der Waals surface area contributed by atoms with Crippen molar-refractivity contribution in [3.8, 4) is 5.75 Å². The molecule has 3 aromatic rings. The Hall–Kier alpha value is -2.60. The summed E-state index contributed by atoms with van der Waals surface area (Å²) in [6.07, 6.45) is -0.614. The van der Waals surface area contributed by atoms with Gasteiger partial charge in [0.2, 0.25) is 0 Å². The first-order chi connectivity index (χ1) is 15.9. The summed E-state index contributed by atoms with van der Waals surface area (Å²) in [4.78, 5) is 0. The van der Waals surface area contributed by atoms with Crippen LogP contribution in [0.4, 0.5) is 10.1 Å². The second-order valence-electron chi connectivity index (χ2n) is 8.68. The van der Waals surface area contributed by atoms with Gasteiger partial charge in [0.15, 0.2) is 0 Å². The molecule has 1 aliphatic rings. The quantitative estimate of drug-likeness (QED) is 0.388. The maximum atomic E-state index is 13.2. The molecule has 0 saturated carbocycles. The molecule has 1 N–H and O–H groups in total. The summed E-state index contributed by atoms with van der Waals surface area (Å²) in [5.41, 5.74) is 3.27. The molecular weight excluding hydrogens is 441 g/mol. The van der Waals surface area contributed by atoms with Gasteiger partial charge < -0.3 is 19.5 Å². The highest BCUT2D eigenvalue weighted by molar-refractivity contribution is 6.30. The number of nitrogens with one attached hydrogen (secondary N) is 1. The molecule has 1 aliphatic heterocycles. The van der Waals surface area contributed by atoms with Crippen LogP contribution in [-0.4, -0.2) is 18.3 Å². The summed E-state index contributed by atoms with van der Waals surface area (Å²) in [7, 11) is 0. The van der Waals surface area contributed by atoms with E-state index in [4.69, 9.17) is 25.8 Å². The monoisotopic (exact) mass is 469 g/mol. The van der Waals surface area contributed by atoms with E-state index in [0.717, 1.165) is 28.1 Å². The van der Waals surface area contributed by atoms with E-state index in [1.807, 2.05) is 63.2 Å². The average Bonchev–Trinajstić information content (AvgIpc) is 2.78. The fraction of sp³-hybridized carbons (Fsp3) is 0.333. The molecule has 3 aromatic carbocycles. The van der Waals surface area contributed by atoms with Gasteiger partial charge in [0, 0.05) is 29.4 Å². The van der Waals surface area contributed by atoms with Gasteiger partial charge >= 0.3 is 0 Å². The van der Waals surface area contributed by atoms with Crippen LogP contribution in [0.1, 0.15) is 43.6 Å². The highest BCUT2D eigenvalue weighted by atomic mass is 35.5. The third kappa shape index (κ3) is 5.67. The number of anilines is 1. The lowest BCUT2D eigenvalue weighted by Gasteiger charge is -2.44. The number of benzene rings is 3. The summed E-state index contributed by atoms with van der Waals surface area (Å²) >= 11 is 6.14. The Balaban J connectivity index is 1.55. The average molecular weight is 470 g/mol. The van der Waals surface area contributed by atoms with Crippen LogP contribution in [0.15, 0.2) is 66.7 Å². The first-order valence-corrected chi connectivity index (χ1v) is 11.5. The summed E-state index contributed by atoms with van der Waals surface area (Å²) in [6.45, 7) is 7.55. The molecule has 2 unspecified atom stereocenters.